The van der Waals surface area contributed by atoms with Gasteiger partial charge in [0.2, 0.25) is 0 Å². The molecule has 0 spiro atoms. The van der Waals surface area contributed by atoms with Gasteiger partial charge in [-0.1, -0.05) is 0 Å². The number of hydrogen-bond donors (Lipinski definition) is 3. The highest BCUT2D eigenvalue weighted by Gasteiger charge is 2.08. The summed E-state index contributed by atoms with van der Waals surface area (Å²) in [5.41, 5.74) is -0.100. The van der Waals surface area contributed by atoms with E-state index in [0.29, 0.717) is 59.5 Å². The van der Waals surface area contributed by atoms with Crippen LogP contribution < -0.4 is 0 Å². The highest BCUT2D eigenvalue weighted by molar-refractivity contribution is 4.57. The summed E-state index contributed by atoms with van der Waals surface area (Å²) in [5.74, 6) is 0. The molecule has 24 heavy (non-hydrogen) atoms. The van der Waals surface area contributed by atoms with Gasteiger partial charge in [-0.15, -0.1) is 0 Å². The van der Waals surface area contributed by atoms with Crippen LogP contribution in [0.1, 0.15) is 20.8 Å². The summed E-state index contributed by atoms with van der Waals surface area (Å²) in [6.45, 7) is 10.5. The number of ether oxygens (including phenoxy) is 5. The van der Waals surface area contributed by atoms with Gasteiger partial charge in [0.25, 0.3) is 0 Å². The maximum Gasteiger partial charge on any atom is 0.0707 e. The zero-order chi connectivity index (χ0) is 18.5. The van der Waals surface area contributed by atoms with Gasteiger partial charge in [0.15, 0.2) is 0 Å². The van der Waals surface area contributed by atoms with Crippen molar-refractivity contribution in [1.29, 1.82) is 0 Å². The summed E-state index contributed by atoms with van der Waals surface area (Å²) >= 11 is 0. The van der Waals surface area contributed by atoms with Crippen molar-refractivity contribution >= 4 is 0 Å². The number of rotatable bonds is 15. The molecule has 0 aromatic carbocycles. The van der Waals surface area contributed by atoms with Gasteiger partial charge in [0.1, 0.15) is 0 Å². The maximum atomic E-state index is 8.41. The molecule has 0 saturated carbocycles. The van der Waals surface area contributed by atoms with Crippen molar-refractivity contribution < 1.29 is 39.0 Å². The molecule has 0 aliphatic carbocycles. The van der Waals surface area contributed by atoms with E-state index in [0.717, 1.165) is 0 Å². The first-order chi connectivity index (χ1) is 11.5. The summed E-state index contributed by atoms with van der Waals surface area (Å²) in [4.78, 5) is 0. The Morgan fingerprint density at radius 2 is 0.792 bits per heavy atom. The smallest absolute Gasteiger partial charge is 0.0707 e. The Bertz CT molecular complexity index is 213. The topological polar surface area (TPSA) is 107 Å². The van der Waals surface area contributed by atoms with Gasteiger partial charge in [0, 0.05) is 0 Å². The van der Waals surface area contributed by atoms with Crippen LogP contribution in [0.5, 0.6) is 0 Å². The first kappa shape index (κ1) is 25.9. The normalized spacial score (nSPS) is 11.2. The van der Waals surface area contributed by atoms with Crippen molar-refractivity contribution in [2.45, 2.75) is 26.4 Å². The Morgan fingerprint density at radius 1 is 0.500 bits per heavy atom. The minimum absolute atomic E-state index is 0.0417. The molecule has 3 N–H and O–H groups in total. The van der Waals surface area contributed by atoms with Crippen LogP contribution in [0.25, 0.3) is 0 Å². The summed E-state index contributed by atoms with van der Waals surface area (Å²) in [6, 6.07) is 0. The van der Waals surface area contributed by atoms with Crippen LogP contribution in [-0.2, 0) is 23.7 Å². The van der Waals surface area contributed by atoms with Gasteiger partial charge in [-0.3, -0.25) is 0 Å². The quantitative estimate of drug-likeness (QED) is 0.347. The third-order valence-corrected chi connectivity index (χ3v) is 2.21. The monoisotopic (exact) mass is 356 g/mol. The Labute approximate surface area is 145 Å². The maximum absolute atomic E-state index is 8.41. The molecule has 0 radical (unpaired) electrons. The first-order valence-electron chi connectivity index (χ1n) is 8.25. The molecule has 148 valence electrons. The predicted molar refractivity (Wildman–Crippen MR) is 90.2 cm³/mol. The average Bonchev–Trinajstić information content (AvgIpc) is 2.53. The van der Waals surface area contributed by atoms with Crippen molar-refractivity contribution in [2.24, 2.45) is 0 Å². The molecule has 0 atom stereocenters. The third-order valence-electron chi connectivity index (χ3n) is 2.21. The summed E-state index contributed by atoms with van der Waals surface area (Å²) < 4.78 is 25.5. The van der Waals surface area contributed by atoms with Gasteiger partial charge in [-0.05, 0) is 20.8 Å². The molecule has 0 aliphatic rings. The van der Waals surface area contributed by atoms with Crippen LogP contribution in [0.2, 0.25) is 0 Å². The van der Waals surface area contributed by atoms with Crippen molar-refractivity contribution in [3.05, 3.63) is 0 Å². The predicted octanol–water partition coefficient (Wildman–Crippen LogP) is -0.169. The lowest BCUT2D eigenvalue weighted by molar-refractivity contribution is -0.0436. The third kappa shape index (κ3) is 29.7. The average molecular weight is 356 g/mol. The first-order valence-corrected chi connectivity index (χ1v) is 8.25. The zero-order valence-electron chi connectivity index (χ0n) is 15.4. The van der Waals surface area contributed by atoms with E-state index in [1.165, 1.54) is 0 Å². The second-order valence-corrected chi connectivity index (χ2v) is 5.58. The van der Waals surface area contributed by atoms with E-state index in [1.54, 1.807) is 0 Å². The molecule has 0 fully saturated rings. The minimum atomic E-state index is -0.100. The SMILES string of the molecule is CC(C)(C)OCCOCCOCCO.OCCOCCOCCO. The lowest BCUT2D eigenvalue weighted by Crippen LogP contribution is -2.22. The molecule has 8 nitrogen and oxygen atoms in total. The highest BCUT2D eigenvalue weighted by atomic mass is 16.6. The van der Waals surface area contributed by atoms with Crippen molar-refractivity contribution in [2.75, 3.05) is 79.3 Å². The number of hydrogen-bond acceptors (Lipinski definition) is 8. The highest BCUT2D eigenvalue weighted by Crippen LogP contribution is 2.05. The van der Waals surface area contributed by atoms with Crippen LogP contribution in [0.15, 0.2) is 0 Å². The standard InChI is InChI=1S/C10H22O4.C6H14O4/c1-10(2,3)14-9-8-13-7-6-12-5-4-11;7-1-3-9-5-6-10-4-2-8/h11H,4-9H2,1-3H3;7-8H,1-6H2. The van der Waals surface area contributed by atoms with E-state index >= 15 is 0 Å². The minimum Gasteiger partial charge on any atom is -0.394 e. The van der Waals surface area contributed by atoms with Crippen LogP contribution in [0, 0.1) is 0 Å². The molecule has 0 aliphatic heterocycles. The Kier molecular flexibility index (Phi) is 22.4. The molecule has 0 heterocycles. The fraction of sp³-hybridized carbons (Fsp3) is 1.00. The van der Waals surface area contributed by atoms with Gasteiger partial charge in [-0.2, -0.15) is 0 Å². The Balaban J connectivity index is 0. The second-order valence-electron chi connectivity index (χ2n) is 5.58. The van der Waals surface area contributed by atoms with E-state index < -0.39 is 0 Å². The molecule has 0 amide bonds. The van der Waals surface area contributed by atoms with Crippen molar-refractivity contribution in [3.8, 4) is 0 Å². The van der Waals surface area contributed by atoms with Crippen LogP contribution in [-0.4, -0.2) is 100 Å². The Morgan fingerprint density at radius 3 is 1.08 bits per heavy atom. The Hall–Kier alpha value is -0.320. The van der Waals surface area contributed by atoms with Crippen LogP contribution in [0.3, 0.4) is 0 Å². The molecule has 0 saturated heterocycles. The molecule has 0 rings (SSSR count). The number of aliphatic hydroxyl groups excluding tert-OH is 3. The number of aliphatic hydroxyl groups is 3. The largest absolute Gasteiger partial charge is 0.394 e. The molecule has 8 heteroatoms. The van der Waals surface area contributed by atoms with E-state index in [-0.39, 0.29) is 25.4 Å². The van der Waals surface area contributed by atoms with E-state index in [2.05, 4.69) is 0 Å². The van der Waals surface area contributed by atoms with E-state index in [1.807, 2.05) is 20.8 Å². The molecule has 0 unspecified atom stereocenters. The fourth-order valence-corrected chi connectivity index (χ4v) is 1.24. The summed E-state index contributed by atoms with van der Waals surface area (Å²) in [6.07, 6.45) is 0. The van der Waals surface area contributed by atoms with Crippen LogP contribution in [0.4, 0.5) is 0 Å². The summed E-state index contributed by atoms with van der Waals surface area (Å²) in [7, 11) is 0. The van der Waals surface area contributed by atoms with Gasteiger partial charge in [-0.25, -0.2) is 0 Å². The molecule has 0 aromatic heterocycles. The van der Waals surface area contributed by atoms with Crippen molar-refractivity contribution in [3.63, 3.8) is 0 Å². The summed E-state index contributed by atoms with van der Waals surface area (Å²) in [5, 5.41) is 24.9. The van der Waals surface area contributed by atoms with Gasteiger partial charge in [0.05, 0.1) is 84.9 Å². The lowest BCUT2D eigenvalue weighted by Gasteiger charge is -2.19. The zero-order valence-corrected chi connectivity index (χ0v) is 15.4. The fourth-order valence-electron chi connectivity index (χ4n) is 1.24. The molecule has 0 aromatic rings. The van der Waals surface area contributed by atoms with E-state index in [4.69, 9.17) is 39.0 Å². The lowest BCUT2D eigenvalue weighted by atomic mass is 10.2. The van der Waals surface area contributed by atoms with Crippen LogP contribution >= 0.6 is 0 Å². The van der Waals surface area contributed by atoms with Gasteiger partial charge < -0.3 is 39.0 Å². The second kappa shape index (κ2) is 20.7. The van der Waals surface area contributed by atoms with Gasteiger partial charge >= 0.3 is 0 Å². The van der Waals surface area contributed by atoms with Crippen molar-refractivity contribution in [1.82, 2.24) is 0 Å². The van der Waals surface area contributed by atoms with E-state index in [9.17, 15) is 0 Å². The molecular formula is C16H36O8. The molecular weight excluding hydrogens is 320 g/mol. The molecule has 0 bridgehead atoms.